The van der Waals surface area contributed by atoms with Gasteiger partial charge in [0.1, 0.15) is 13.7 Å². The summed E-state index contributed by atoms with van der Waals surface area (Å²) < 4.78 is 8.18. The number of aromatic nitrogens is 1. The number of carbonyl (C=O) groups excluding carboxylic acids is 1. The molecule has 6 heteroatoms. The number of hydrogen-bond donors (Lipinski definition) is 0. The van der Waals surface area contributed by atoms with Crippen molar-refractivity contribution in [1.29, 1.82) is 0 Å². The fraction of sp³-hybridized carbons (Fsp3) is 0.200. The Morgan fingerprint density at radius 1 is 1.29 bits per heavy atom. The Hall–Kier alpha value is -0.600. The molecule has 0 aliphatic carbocycles. The zero-order valence-corrected chi connectivity index (χ0v) is 16.0. The molecular weight excluding hydrogens is 465 g/mol. The highest BCUT2D eigenvalue weighted by atomic mass is 127. The molecule has 112 valence electrons. The Bertz CT molecular complexity index is 592. The van der Waals surface area contributed by atoms with Crippen LogP contribution in [0.25, 0.3) is 0 Å². The van der Waals surface area contributed by atoms with Gasteiger partial charge in [-0.2, -0.15) is 0 Å². The number of thioether (sulfide) groups is 1. The van der Waals surface area contributed by atoms with E-state index in [0.29, 0.717) is 12.4 Å². The number of nitrogens with zero attached hydrogens (tertiary/aromatic N) is 1. The largest absolute Gasteiger partial charge is 1.00 e. The summed E-state index contributed by atoms with van der Waals surface area (Å²) >= 11 is 4.87. The smallest absolute Gasteiger partial charge is 0.316 e. The SMILES string of the molecule is C[n+]1ccc(SCC(=O)OCc2cccc(Br)c2)cc1.[I-]. The second-order valence-corrected chi connectivity index (χ2v) is 6.24. The third kappa shape index (κ3) is 6.80. The topological polar surface area (TPSA) is 30.2 Å². The van der Waals surface area contributed by atoms with Crippen LogP contribution in [0.4, 0.5) is 0 Å². The van der Waals surface area contributed by atoms with E-state index in [4.69, 9.17) is 4.74 Å². The minimum absolute atomic E-state index is 0. The van der Waals surface area contributed by atoms with Gasteiger partial charge in [-0.3, -0.25) is 4.79 Å². The van der Waals surface area contributed by atoms with Crippen LogP contribution >= 0.6 is 27.7 Å². The third-order valence-corrected chi connectivity index (χ3v) is 4.07. The predicted octanol–water partition coefficient (Wildman–Crippen LogP) is 0.113. The van der Waals surface area contributed by atoms with E-state index in [1.807, 2.05) is 60.4 Å². The van der Waals surface area contributed by atoms with Crippen LogP contribution in [0.1, 0.15) is 5.56 Å². The van der Waals surface area contributed by atoms with Crippen molar-refractivity contribution in [2.75, 3.05) is 5.75 Å². The second kappa shape index (κ2) is 9.42. The molecular formula is C15H15BrINO2S. The molecule has 0 saturated heterocycles. The molecule has 1 aromatic heterocycles. The summed E-state index contributed by atoms with van der Waals surface area (Å²) in [6, 6.07) is 11.7. The van der Waals surface area contributed by atoms with Gasteiger partial charge >= 0.3 is 5.97 Å². The van der Waals surface area contributed by atoms with Crippen molar-refractivity contribution in [1.82, 2.24) is 0 Å². The minimum atomic E-state index is -0.205. The van der Waals surface area contributed by atoms with E-state index < -0.39 is 0 Å². The molecule has 0 N–H and O–H groups in total. The van der Waals surface area contributed by atoms with E-state index in [0.717, 1.165) is 14.9 Å². The Kier molecular flexibility index (Phi) is 8.28. The van der Waals surface area contributed by atoms with Gasteiger partial charge in [0.25, 0.3) is 0 Å². The molecule has 0 bridgehead atoms. The summed E-state index contributed by atoms with van der Waals surface area (Å²) in [5, 5.41) is 0. The highest BCUT2D eigenvalue weighted by Gasteiger charge is 2.06. The number of ether oxygens (including phenoxy) is 1. The Morgan fingerprint density at radius 2 is 2.00 bits per heavy atom. The maximum atomic E-state index is 11.7. The molecule has 0 unspecified atom stereocenters. The molecule has 2 rings (SSSR count). The van der Waals surface area contributed by atoms with Crippen LogP contribution in [-0.4, -0.2) is 11.7 Å². The molecule has 0 aliphatic heterocycles. The van der Waals surface area contributed by atoms with Crippen molar-refractivity contribution < 1.29 is 38.1 Å². The van der Waals surface area contributed by atoms with Gasteiger partial charge in [0.05, 0.1) is 5.75 Å². The van der Waals surface area contributed by atoms with Gasteiger partial charge in [0.2, 0.25) is 0 Å². The number of aryl methyl sites for hydroxylation is 1. The first-order chi connectivity index (χ1) is 9.63. The number of carbonyl (C=O) groups is 1. The van der Waals surface area contributed by atoms with Gasteiger partial charge in [-0.15, -0.1) is 11.8 Å². The lowest BCUT2D eigenvalue weighted by Gasteiger charge is -2.05. The normalized spacial score (nSPS) is 9.81. The molecule has 0 aliphatic rings. The zero-order valence-electron chi connectivity index (χ0n) is 11.5. The highest BCUT2D eigenvalue weighted by molar-refractivity contribution is 9.10. The molecule has 21 heavy (non-hydrogen) atoms. The first kappa shape index (κ1) is 18.4. The summed E-state index contributed by atoms with van der Waals surface area (Å²) in [6.45, 7) is 0.308. The van der Waals surface area contributed by atoms with Crippen LogP contribution in [0.15, 0.2) is 58.2 Å². The summed E-state index contributed by atoms with van der Waals surface area (Å²) in [4.78, 5) is 12.7. The quantitative estimate of drug-likeness (QED) is 0.264. The molecule has 2 aromatic rings. The lowest BCUT2D eigenvalue weighted by atomic mass is 10.2. The molecule has 0 amide bonds. The number of halogens is 2. The minimum Gasteiger partial charge on any atom is -1.00 e. The Labute approximate surface area is 154 Å². The molecule has 1 heterocycles. The van der Waals surface area contributed by atoms with Crippen LogP contribution in [0.5, 0.6) is 0 Å². The van der Waals surface area contributed by atoms with E-state index in [1.165, 1.54) is 11.8 Å². The van der Waals surface area contributed by atoms with Crippen molar-refractivity contribution >= 4 is 33.7 Å². The molecule has 3 nitrogen and oxygen atoms in total. The van der Waals surface area contributed by atoms with E-state index in [1.54, 1.807) is 0 Å². The second-order valence-electron chi connectivity index (χ2n) is 4.28. The van der Waals surface area contributed by atoms with Crippen molar-refractivity contribution in [3.8, 4) is 0 Å². The zero-order chi connectivity index (χ0) is 14.4. The van der Waals surface area contributed by atoms with E-state index in [9.17, 15) is 4.79 Å². The molecule has 1 aromatic carbocycles. The van der Waals surface area contributed by atoms with Crippen LogP contribution in [-0.2, 0) is 23.2 Å². The average molecular weight is 480 g/mol. The van der Waals surface area contributed by atoms with Gasteiger partial charge in [-0.1, -0.05) is 28.1 Å². The van der Waals surface area contributed by atoms with Gasteiger partial charge in [0, 0.05) is 21.5 Å². The maximum absolute atomic E-state index is 11.7. The lowest BCUT2D eigenvalue weighted by Crippen LogP contribution is -3.00. The summed E-state index contributed by atoms with van der Waals surface area (Å²) in [5.74, 6) is 0.116. The van der Waals surface area contributed by atoms with Crippen molar-refractivity contribution in [2.24, 2.45) is 7.05 Å². The lowest BCUT2D eigenvalue weighted by molar-refractivity contribution is -0.671. The van der Waals surface area contributed by atoms with Crippen LogP contribution < -0.4 is 28.5 Å². The standard InChI is InChI=1S/C15H15BrNO2S.HI/c1-17-7-5-14(6-8-17)20-11-15(18)19-10-12-3-2-4-13(16)9-12;/h2-9H,10-11H2,1H3;1H/q+1;/p-1. The van der Waals surface area contributed by atoms with Gasteiger partial charge < -0.3 is 28.7 Å². The van der Waals surface area contributed by atoms with Crippen LogP contribution in [0.2, 0.25) is 0 Å². The van der Waals surface area contributed by atoms with Gasteiger partial charge in [0.15, 0.2) is 12.4 Å². The highest BCUT2D eigenvalue weighted by Crippen LogP contribution is 2.17. The van der Waals surface area contributed by atoms with Crippen molar-refractivity contribution in [3.63, 3.8) is 0 Å². The van der Waals surface area contributed by atoms with Crippen LogP contribution in [0.3, 0.4) is 0 Å². The number of hydrogen-bond acceptors (Lipinski definition) is 3. The summed E-state index contributed by atoms with van der Waals surface area (Å²) in [5.41, 5.74) is 0.976. The summed E-state index contributed by atoms with van der Waals surface area (Å²) in [6.07, 6.45) is 3.91. The number of rotatable bonds is 5. The molecule has 0 radical (unpaired) electrons. The monoisotopic (exact) mass is 479 g/mol. The van der Waals surface area contributed by atoms with Crippen molar-refractivity contribution in [2.45, 2.75) is 11.5 Å². The fourth-order valence-electron chi connectivity index (χ4n) is 1.56. The fourth-order valence-corrected chi connectivity index (χ4v) is 2.69. The van der Waals surface area contributed by atoms with Crippen LogP contribution in [0, 0.1) is 0 Å². The molecule has 0 atom stereocenters. The third-order valence-electron chi connectivity index (χ3n) is 2.59. The number of pyridine rings is 1. The maximum Gasteiger partial charge on any atom is 0.316 e. The van der Waals surface area contributed by atoms with E-state index in [2.05, 4.69) is 15.9 Å². The number of esters is 1. The van der Waals surface area contributed by atoms with Crippen molar-refractivity contribution in [3.05, 3.63) is 58.8 Å². The van der Waals surface area contributed by atoms with E-state index in [-0.39, 0.29) is 29.9 Å². The predicted molar refractivity (Wildman–Crippen MR) is 82.3 cm³/mol. The Balaban J connectivity index is 0.00000220. The van der Waals surface area contributed by atoms with Gasteiger partial charge in [-0.05, 0) is 17.7 Å². The summed E-state index contributed by atoms with van der Waals surface area (Å²) in [7, 11) is 1.96. The number of benzene rings is 1. The Morgan fingerprint density at radius 3 is 2.67 bits per heavy atom. The molecule has 0 saturated carbocycles. The van der Waals surface area contributed by atoms with Gasteiger partial charge in [-0.25, -0.2) is 4.57 Å². The first-order valence-electron chi connectivity index (χ1n) is 6.11. The van der Waals surface area contributed by atoms with E-state index >= 15 is 0 Å². The average Bonchev–Trinajstić information content (AvgIpc) is 2.45. The molecule has 0 fully saturated rings. The molecule has 0 spiro atoms. The first-order valence-corrected chi connectivity index (χ1v) is 7.89.